The Morgan fingerprint density at radius 1 is 1.38 bits per heavy atom. The first kappa shape index (κ1) is 11.8. The number of hydrogen-bond donors (Lipinski definition) is 1. The molecule has 0 fully saturated rings. The first-order chi connectivity index (χ1) is 7.65. The number of aliphatic hydroxyl groups is 1. The normalized spacial score (nSPS) is 12.7. The first-order valence-electron chi connectivity index (χ1n) is 4.80. The summed E-state index contributed by atoms with van der Waals surface area (Å²) in [4.78, 5) is 0. The van der Waals surface area contributed by atoms with Gasteiger partial charge in [0.05, 0.1) is 6.10 Å². The largest absolute Gasteiger partial charge is 0.388 e. The smallest absolute Gasteiger partial charge is 0.124 e. The Bertz CT molecular complexity index is 450. The molecule has 1 aromatic heterocycles. The van der Waals surface area contributed by atoms with Crippen molar-refractivity contribution in [3.8, 4) is 0 Å². The van der Waals surface area contributed by atoms with Crippen molar-refractivity contribution in [3.05, 3.63) is 56.4 Å². The fraction of sp³-hybridized carbons (Fsp3) is 0.167. The summed E-state index contributed by atoms with van der Waals surface area (Å²) in [7, 11) is 0. The molecule has 1 heterocycles. The van der Waals surface area contributed by atoms with Crippen LogP contribution in [-0.4, -0.2) is 5.11 Å². The molecule has 0 aliphatic carbocycles. The van der Waals surface area contributed by atoms with E-state index in [1.54, 1.807) is 11.3 Å². The van der Waals surface area contributed by atoms with Crippen molar-refractivity contribution in [1.82, 2.24) is 0 Å². The molecule has 1 atom stereocenters. The van der Waals surface area contributed by atoms with Gasteiger partial charge >= 0.3 is 0 Å². The Morgan fingerprint density at radius 3 is 2.81 bits per heavy atom. The fourth-order valence-electron chi connectivity index (χ4n) is 1.53. The number of benzene rings is 1. The number of aliphatic hydroxyl groups excluding tert-OH is 1. The van der Waals surface area contributed by atoms with Crippen LogP contribution in [0, 0.1) is 5.82 Å². The van der Waals surface area contributed by atoms with Crippen molar-refractivity contribution < 1.29 is 9.50 Å². The minimum atomic E-state index is -0.569. The summed E-state index contributed by atoms with van der Waals surface area (Å²) >= 11 is 4.77. The van der Waals surface area contributed by atoms with E-state index in [4.69, 9.17) is 0 Å². The van der Waals surface area contributed by atoms with Crippen LogP contribution in [-0.2, 0) is 6.42 Å². The Morgan fingerprint density at radius 2 is 2.19 bits per heavy atom. The van der Waals surface area contributed by atoms with Crippen molar-refractivity contribution in [2.24, 2.45) is 0 Å². The van der Waals surface area contributed by atoms with E-state index in [9.17, 15) is 9.50 Å². The lowest BCUT2D eigenvalue weighted by molar-refractivity contribution is 0.179. The van der Waals surface area contributed by atoms with Gasteiger partial charge in [0.2, 0.25) is 0 Å². The molecular weight excluding hydrogens is 291 g/mol. The Balaban J connectivity index is 2.15. The maximum Gasteiger partial charge on any atom is 0.124 e. The molecule has 0 radical (unpaired) electrons. The minimum absolute atomic E-state index is 0.290. The van der Waals surface area contributed by atoms with Crippen LogP contribution < -0.4 is 0 Å². The third kappa shape index (κ3) is 2.90. The molecule has 0 saturated heterocycles. The third-order valence-electron chi connectivity index (χ3n) is 2.28. The van der Waals surface area contributed by atoms with Crippen molar-refractivity contribution >= 4 is 27.3 Å². The summed E-state index contributed by atoms with van der Waals surface area (Å²) < 4.78 is 13.8. The van der Waals surface area contributed by atoms with E-state index in [1.807, 2.05) is 22.9 Å². The molecule has 1 N–H and O–H groups in total. The van der Waals surface area contributed by atoms with Gasteiger partial charge in [0.1, 0.15) is 5.82 Å². The van der Waals surface area contributed by atoms with Crippen LogP contribution in [0.4, 0.5) is 4.39 Å². The van der Waals surface area contributed by atoms with Crippen LogP contribution in [0.5, 0.6) is 0 Å². The van der Waals surface area contributed by atoms with Gasteiger partial charge in [-0.2, -0.15) is 11.3 Å². The second kappa shape index (κ2) is 5.08. The van der Waals surface area contributed by atoms with Gasteiger partial charge in [-0.15, -0.1) is 0 Å². The fourth-order valence-corrected chi connectivity index (χ4v) is 2.75. The maximum absolute atomic E-state index is 13.1. The quantitative estimate of drug-likeness (QED) is 0.911. The molecular formula is C12H10BrFOS. The molecule has 0 bridgehead atoms. The predicted octanol–water partition coefficient (Wildman–Crippen LogP) is 3.93. The van der Waals surface area contributed by atoms with Gasteiger partial charge in [-0.05, 0) is 46.2 Å². The summed E-state index contributed by atoms with van der Waals surface area (Å²) in [5.74, 6) is -0.290. The van der Waals surface area contributed by atoms with Gasteiger partial charge in [-0.25, -0.2) is 4.39 Å². The maximum atomic E-state index is 13.1. The minimum Gasteiger partial charge on any atom is -0.388 e. The lowest BCUT2D eigenvalue weighted by Gasteiger charge is -2.09. The van der Waals surface area contributed by atoms with Crippen LogP contribution in [0.25, 0.3) is 0 Å². The number of hydrogen-bond acceptors (Lipinski definition) is 2. The van der Waals surface area contributed by atoms with Crippen LogP contribution in [0.1, 0.15) is 17.2 Å². The van der Waals surface area contributed by atoms with Crippen molar-refractivity contribution in [2.75, 3.05) is 0 Å². The topological polar surface area (TPSA) is 20.2 Å². The molecule has 16 heavy (non-hydrogen) atoms. The van der Waals surface area contributed by atoms with Gasteiger partial charge in [0.25, 0.3) is 0 Å². The highest BCUT2D eigenvalue weighted by Gasteiger charge is 2.10. The molecule has 2 aromatic rings. The van der Waals surface area contributed by atoms with Gasteiger partial charge in [0, 0.05) is 10.9 Å². The lowest BCUT2D eigenvalue weighted by atomic mass is 10.0. The Kier molecular flexibility index (Phi) is 3.74. The van der Waals surface area contributed by atoms with E-state index in [0.717, 1.165) is 11.1 Å². The standard InChI is InChI=1S/C12H10BrFOS/c13-10-3-8(4-11(14)6-10)5-12(15)9-1-2-16-7-9/h1-4,6-7,12,15H,5H2. The molecule has 0 amide bonds. The Labute approximate surface area is 106 Å². The van der Waals surface area contributed by atoms with E-state index in [0.29, 0.717) is 10.9 Å². The molecule has 2 rings (SSSR count). The van der Waals surface area contributed by atoms with Gasteiger partial charge < -0.3 is 5.11 Å². The van der Waals surface area contributed by atoms with E-state index in [2.05, 4.69) is 15.9 Å². The summed E-state index contributed by atoms with van der Waals surface area (Å²) in [6.45, 7) is 0. The van der Waals surface area contributed by atoms with E-state index in [-0.39, 0.29) is 5.82 Å². The van der Waals surface area contributed by atoms with Crippen molar-refractivity contribution in [2.45, 2.75) is 12.5 Å². The summed E-state index contributed by atoms with van der Waals surface area (Å²) in [6, 6.07) is 6.54. The summed E-state index contributed by atoms with van der Waals surface area (Å²) in [5.41, 5.74) is 1.66. The molecule has 0 aliphatic heterocycles. The second-order valence-electron chi connectivity index (χ2n) is 3.55. The van der Waals surface area contributed by atoms with Crippen LogP contribution in [0.2, 0.25) is 0 Å². The zero-order valence-corrected chi connectivity index (χ0v) is 10.8. The number of rotatable bonds is 3. The summed E-state index contributed by atoms with van der Waals surface area (Å²) in [6.07, 6.45) is -0.146. The van der Waals surface area contributed by atoms with Crippen molar-refractivity contribution in [3.63, 3.8) is 0 Å². The molecule has 1 nitrogen and oxygen atoms in total. The molecule has 0 aliphatic rings. The molecule has 1 aromatic carbocycles. The molecule has 1 unspecified atom stereocenters. The van der Waals surface area contributed by atoms with Crippen LogP contribution in [0.15, 0.2) is 39.5 Å². The van der Waals surface area contributed by atoms with Gasteiger partial charge in [0.15, 0.2) is 0 Å². The average Bonchev–Trinajstić information content (AvgIpc) is 2.68. The molecule has 0 spiro atoms. The first-order valence-corrected chi connectivity index (χ1v) is 6.54. The average molecular weight is 301 g/mol. The van der Waals surface area contributed by atoms with Gasteiger partial charge in [-0.3, -0.25) is 0 Å². The number of thiophene rings is 1. The van der Waals surface area contributed by atoms with E-state index < -0.39 is 6.10 Å². The zero-order chi connectivity index (χ0) is 11.5. The van der Waals surface area contributed by atoms with Crippen LogP contribution >= 0.6 is 27.3 Å². The molecule has 0 saturated carbocycles. The van der Waals surface area contributed by atoms with E-state index >= 15 is 0 Å². The number of halogens is 2. The molecule has 4 heteroatoms. The predicted molar refractivity (Wildman–Crippen MR) is 67.1 cm³/mol. The lowest BCUT2D eigenvalue weighted by Crippen LogP contribution is -2.00. The van der Waals surface area contributed by atoms with E-state index in [1.165, 1.54) is 12.1 Å². The van der Waals surface area contributed by atoms with Crippen molar-refractivity contribution in [1.29, 1.82) is 0 Å². The Hall–Kier alpha value is -0.710. The SMILES string of the molecule is OC(Cc1cc(F)cc(Br)c1)c1ccsc1. The zero-order valence-electron chi connectivity index (χ0n) is 8.36. The monoisotopic (exact) mass is 300 g/mol. The highest BCUT2D eigenvalue weighted by Crippen LogP contribution is 2.23. The third-order valence-corrected chi connectivity index (χ3v) is 3.44. The van der Waals surface area contributed by atoms with Gasteiger partial charge in [-0.1, -0.05) is 15.9 Å². The summed E-state index contributed by atoms with van der Waals surface area (Å²) in [5, 5.41) is 13.7. The highest BCUT2D eigenvalue weighted by molar-refractivity contribution is 9.10. The molecule has 84 valence electrons. The second-order valence-corrected chi connectivity index (χ2v) is 5.25. The highest BCUT2D eigenvalue weighted by atomic mass is 79.9. The van der Waals surface area contributed by atoms with Crippen LogP contribution in [0.3, 0.4) is 0 Å².